The number of amides is 2. The van der Waals surface area contributed by atoms with Crippen molar-refractivity contribution in [1.29, 1.82) is 0 Å². The van der Waals surface area contributed by atoms with Gasteiger partial charge in [-0.15, -0.1) is 0 Å². The predicted octanol–water partition coefficient (Wildman–Crippen LogP) is 4.38. The molecule has 0 aliphatic carbocycles. The molecule has 8 heteroatoms. The van der Waals surface area contributed by atoms with E-state index in [4.69, 9.17) is 9.31 Å². The van der Waals surface area contributed by atoms with Gasteiger partial charge in [-0.25, -0.2) is 4.79 Å². The number of piperidine rings is 1. The number of nitrogens with one attached hydrogen (secondary N) is 1. The first-order valence-corrected chi connectivity index (χ1v) is 11.6. The van der Waals surface area contributed by atoms with Crippen LogP contribution in [-0.4, -0.2) is 52.9 Å². The third-order valence-electron chi connectivity index (χ3n) is 7.33. The molecule has 0 saturated carbocycles. The maximum atomic E-state index is 12.2. The Morgan fingerprint density at radius 1 is 1.21 bits per heavy atom. The van der Waals surface area contributed by atoms with Crippen LogP contribution in [0.4, 0.5) is 10.5 Å². The summed E-state index contributed by atoms with van der Waals surface area (Å²) in [6.07, 6.45) is 1.73. The van der Waals surface area contributed by atoms with E-state index in [1.165, 1.54) is 6.08 Å². The van der Waals surface area contributed by atoms with Crippen LogP contribution in [0.2, 0.25) is 0 Å². The van der Waals surface area contributed by atoms with Gasteiger partial charge >= 0.3 is 13.2 Å². The van der Waals surface area contributed by atoms with Crippen molar-refractivity contribution >= 4 is 30.3 Å². The van der Waals surface area contributed by atoms with Gasteiger partial charge in [0, 0.05) is 18.3 Å². The van der Waals surface area contributed by atoms with Gasteiger partial charge in [0.05, 0.1) is 11.2 Å². The van der Waals surface area contributed by atoms with Gasteiger partial charge in [0.1, 0.15) is 0 Å². The van der Waals surface area contributed by atoms with Gasteiger partial charge in [-0.3, -0.25) is 4.79 Å². The van der Waals surface area contributed by atoms with Crippen LogP contribution in [0, 0.1) is 5.41 Å². The highest BCUT2D eigenvalue weighted by Gasteiger charge is 2.52. The summed E-state index contributed by atoms with van der Waals surface area (Å²) in [5, 5.41) is 12.7. The van der Waals surface area contributed by atoms with E-state index in [2.05, 4.69) is 32.7 Å². The smallest absolute Gasteiger partial charge is 0.465 e. The van der Waals surface area contributed by atoms with Crippen molar-refractivity contribution in [3.05, 3.63) is 36.4 Å². The number of likely N-dealkylation sites (tertiary alicyclic amines) is 1. The second-order valence-corrected chi connectivity index (χ2v) is 11.2. The maximum absolute atomic E-state index is 12.2. The molecule has 2 heterocycles. The first-order chi connectivity index (χ1) is 15.2. The van der Waals surface area contributed by atoms with Crippen LogP contribution < -0.4 is 10.8 Å². The summed E-state index contributed by atoms with van der Waals surface area (Å²) in [5.41, 5.74) is 1.37. The molecule has 0 radical (unpaired) electrons. The Hall–Kier alpha value is -2.32. The van der Waals surface area contributed by atoms with E-state index in [0.29, 0.717) is 25.1 Å². The molecule has 2 fully saturated rings. The molecule has 180 valence electrons. The van der Waals surface area contributed by atoms with Gasteiger partial charge in [0.25, 0.3) is 0 Å². The van der Waals surface area contributed by atoms with E-state index in [-0.39, 0.29) is 23.3 Å². The number of carbonyl (C=O) groups is 2. The van der Waals surface area contributed by atoms with Crippen LogP contribution in [0.25, 0.3) is 0 Å². The number of benzene rings is 1. The van der Waals surface area contributed by atoms with E-state index >= 15 is 0 Å². The number of anilines is 1. The number of hydrogen-bond donors (Lipinski definition) is 2. The molecule has 7 nitrogen and oxygen atoms in total. The Kier molecular flexibility index (Phi) is 6.75. The SMILES string of the molecule is C=CC(=O)Nc1cc(B2OC(C)(C)C(C)(C)O2)ccc1C1CCN(C(=O)O)C(C(C)(C)C)C1. The predicted molar refractivity (Wildman–Crippen MR) is 131 cm³/mol. The van der Waals surface area contributed by atoms with Crippen LogP contribution >= 0.6 is 0 Å². The van der Waals surface area contributed by atoms with Crippen molar-refractivity contribution in [1.82, 2.24) is 4.90 Å². The molecule has 1 aromatic carbocycles. The summed E-state index contributed by atoms with van der Waals surface area (Å²) in [6, 6.07) is 5.78. The molecule has 2 unspecified atom stereocenters. The van der Waals surface area contributed by atoms with Gasteiger partial charge < -0.3 is 24.6 Å². The molecule has 1 aromatic rings. The number of hydrogen-bond acceptors (Lipinski definition) is 4. The summed E-state index contributed by atoms with van der Waals surface area (Å²) in [6.45, 7) is 18.3. The lowest BCUT2D eigenvalue weighted by Crippen LogP contribution is -2.51. The lowest BCUT2D eigenvalue weighted by Gasteiger charge is -2.45. The lowest BCUT2D eigenvalue weighted by molar-refractivity contribution is -0.111. The fraction of sp³-hybridized carbons (Fsp3) is 0.600. The van der Waals surface area contributed by atoms with Crippen molar-refractivity contribution in [2.75, 3.05) is 11.9 Å². The molecule has 2 N–H and O–H groups in total. The highest BCUT2D eigenvalue weighted by molar-refractivity contribution is 6.62. The Morgan fingerprint density at radius 2 is 1.82 bits per heavy atom. The molecule has 2 amide bonds. The second kappa shape index (κ2) is 8.80. The van der Waals surface area contributed by atoms with Crippen LogP contribution in [0.1, 0.15) is 72.8 Å². The zero-order valence-corrected chi connectivity index (χ0v) is 20.9. The highest BCUT2D eigenvalue weighted by atomic mass is 16.7. The van der Waals surface area contributed by atoms with E-state index in [0.717, 1.165) is 11.0 Å². The van der Waals surface area contributed by atoms with Crippen molar-refractivity contribution in [3.8, 4) is 0 Å². The van der Waals surface area contributed by atoms with E-state index in [9.17, 15) is 14.7 Å². The van der Waals surface area contributed by atoms with Crippen LogP contribution in [-0.2, 0) is 14.1 Å². The summed E-state index contributed by atoms with van der Waals surface area (Å²) in [4.78, 5) is 25.6. The van der Waals surface area contributed by atoms with Gasteiger partial charge in [0.15, 0.2) is 0 Å². The number of nitrogens with zero attached hydrogens (tertiary/aromatic N) is 1. The van der Waals surface area contributed by atoms with Crippen molar-refractivity contribution in [3.63, 3.8) is 0 Å². The summed E-state index contributed by atoms with van der Waals surface area (Å²) in [5.74, 6) is -0.185. The third kappa shape index (κ3) is 5.12. The molecular weight excluding hydrogens is 419 g/mol. The average molecular weight is 456 g/mol. The lowest BCUT2D eigenvalue weighted by atomic mass is 9.73. The quantitative estimate of drug-likeness (QED) is 0.519. The van der Waals surface area contributed by atoms with E-state index < -0.39 is 24.4 Å². The van der Waals surface area contributed by atoms with E-state index in [1.807, 2.05) is 45.9 Å². The van der Waals surface area contributed by atoms with Gasteiger partial charge in [-0.1, -0.05) is 39.5 Å². The molecule has 0 bridgehead atoms. The van der Waals surface area contributed by atoms with Crippen LogP contribution in [0.5, 0.6) is 0 Å². The molecular formula is C25H37BN2O5. The maximum Gasteiger partial charge on any atom is 0.494 e. The second-order valence-electron chi connectivity index (χ2n) is 11.2. The van der Waals surface area contributed by atoms with Crippen LogP contribution in [0.3, 0.4) is 0 Å². The number of carbonyl (C=O) groups excluding carboxylic acids is 1. The molecule has 2 aliphatic rings. The van der Waals surface area contributed by atoms with Crippen LogP contribution in [0.15, 0.2) is 30.9 Å². The first kappa shape index (κ1) is 25.3. The minimum Gasteiger partial charge on any atom is -0.465 e. The summed E-state index contributed by atoms with van der Waals surface area (Å²) >= 11 is 0. The molecule has 2 saturated heterocycles. The fourth-order valence-electron chi connectivity index (χ4n) is 4.65. The molecule has 0 spiro atoms. The zero-order valence-electron chi connectivity index (χ0n) is 20.9. The first-order valence-electron chi connectivity index (χ1n) is 11.6. The number of rotatable bonds is 4. The van der Waals surface area contributed by atoms with Crippen molar-refractivity contribution < 1.29 is 24.0 Å². The van der Waals surface area contributed by atoms with Crippen molar-refractivity contribution in [2.45, 2.75) is 84.5 Å². The third-order valence-corrected chi connectivity index (χ3v) is 7.33. The summed E-state index contributed by atoms with van der Waals surface area (Å²) < 4.78 is 12.4. The monoisotopic (exact) mass is 456 g/mol. The Labute approximate surface area is 197 Å². The van der Waals surface area contributed by atoms with Gasteiger partial charge in [0.2, 0.25) is 5.91 Å². The Morgan fingerprint density at radius 3 is 2.33 bits per heavy atom. The Bertz CT molecular complexity index is 921. The minimum atomic E-state index is -0.885. The highest BCUT2D eigenvalue weighted by Crippen LogP contribution is 2.41. The topological polar surface area (TPSA) is 88.1 Å². The van der Waals surface area contributed by atoms with Gasteiger partial charge in [-0.05, 0) is 75.0 Å². The molecule has 2 aliphatic heterocycles. The number of carboxylic acid groups (broad SMARTS) is 1. The zero-order chi connectivity index (χ0) is 24.8. The Balaban J connectivity index is 1.96. The normalized spacial score (nSPS) is 24.5. The average Bonchev–Trinajstić information content (AvgIpc) is 2.93. The molecule has 33 heavy (non-hydrogen) atoms. The largest absolute Gasteiger partial charge is 0.494 e. The van der Waals surface area contributed by atoms with E-state index in [1.54, 1.807) is 4.90 Å². The minimum absolute atomic E-state index is 0.109. The molecule has 2 atom stereocenters. The van der Waals surface area contributed by atoms with Crippen molar-refractivity contribution in [2.24, 2.45) is 5.41 Å². The fourth-order valence-corrected chi connectivity index (χ4v) is 4.65. The molecule has 0 aromatic heterocycles. The summed E-state index contributed by atoms with van der Waals surface area (Å²) in [7, 11) is -0.542. The standard InChI is InChI=1S/C25H37BN2O5/c1-9-21(29)27-19-15-17(26-32-24(5,6)25(7,8)33-26)10-11-18(19)16-12-13-28(22(30)31)20(14-16)23(2,3)4/h9-11,15-16,20H,1,12-14H2,2-8H3,(H,27,29)(H,30,31). The van der Waals surface area contributed by atoms with Gasteiger partial charge in [-0.2, -0.15) is 0 Å². The molecule has 3 rings (SSSR count).